The molecular weight excluding hydrogens is 330 g/mol. The van der Waals surface area contributed by atoms with Crippen LogP contribution in [-0.2, 0) is 29.2 Å². The molecule has 126 valence electrons. The summed E-state index contributed by atoms with van der Waals surface area (Å²) >= 11 is 0. The monoisotopic (exact) mass is 357 g/mol. The summed E-state index contributed by atoms with van der Waals surface area (Å²) in [7, 11) is -5.01. The van der Waals surface area contributed by atoms with Crippen LogP contribution < -0.4 is 0 Å². The van der Waals surface area contributed by atoms with Crippen molar-refractivity contribution in [2.75, 3.05) is 55.7 Å². The Labute approximate surface area is 130 Å². The van der Waals surface area contributed by atoms with Gasteiger partial charge in [0.25, 0.3) is 0 Å². The third-order valence-corrected chi connectivity index (χ3v) is 8.46. The molecule has 3 heterocycles. The number of nitrogens with zero attached hydrogens (tertiary/aromatic N) is 3. The van der Waals surface area contributed by atoms with Crippen LogP contribution in [0.1, 0.15) is 19.3 Å². The van der Waals surface area contributed by atoms with Crippen molar-refractivity contribution < 1.29 is 12.6 Å². The van der Waals surface area contributed by atoms with E-state index in [1.54, 1.807) is 18.8 Å². The first-order chi connectivity index (χ1) is 9.62. The maximum Gasteiger partial charge on any atom is 0.0493 e. The second-order valence-electron chi connectivity index (χ2n) is 5.61. The van der Waals surface area contributed by atoms with E-state index in [1.807, 2.05) is 0 Å². The van der Waals surface area contributed by atoms with Gasteiger partial charge < -0.3 is 0 Å². The Morgan fingerprint density at radius 3 is 0.857 bits per heavy atom. The summed E-state index contributed by atoms with van der Waals surface area (Å²) in [5.41, 5.74) is 0. The second kappa shape index (κ2) is 7.92. The zero-order valence-electron chi connectivity index (χ0n) is 13.2. The van der Waals surface area contributed by atoms with E-state index in [0.29, 0.717) is 0 Å². The average Bonchev–Trinajstić information content (AvgIpc) is 3.03. The molecule has 0 spiro atoms. The Morgan fingerprint density at radius 1 is 0.571 bits per heavy atom. The summed E-state index contributed by atoms with van der Waals surface area (Å²) in [5, 5.41) is 0. The fraction of sp³-hybridized carbons (Fsp3) is 1.00. The van der Waals surface area contributed by atoms with Crippen molar-refractivity contribution in [3.8, 4) is 0 Å². The van der Waals surface area contributed by atoms with Crippen LogP contribution in [0.4, 0.5) is 0 Å². The zero-order chi connectivity index (χ0) is 16.0. The maximum absolute atomic E-state index is 10.8. The smallest absolute Gasteiger partial charge is 0.0493 e. The van der Waals surface area contributed by atoms with E-state index in [-0.39, 0.29) is 0 Å². The largest absolute Gasteiger partial charge is 0.250 e. The van der Waals surface area contributed by atoms with E-state index >= 15 is 0 Å². The summed E-state index contributed by atoms with van der Waals surface area (Å²) in [5.74, 6) is 2.44. The predicted octanol–water partition coefficient (Wildman–Crippen LogP) is 1.46. The van der Waals surface area contributed by atoms with Crippen LogP contribution in [0.15, 0.2) is 13.1 Å². The first-order valence-corrected chi connectivity index (χ1v) is 13.4. The minimum absolute atomic E-state index is 0.812. The van der Waals surface area contributed by atoms with Gasteiger partial charge in [-0.2, -0.15) is 0 Å². The molecular formula is C12H27N3O3S3. The molecule has 0 aliphatic carbocycles. The summed E-state index contributed by atoms with van der Waals surface area (Å²) in [6.45, 7) is 2.44. The molecule has 0 saturated carbocycles. The Balaban J connectivity index is 0.000000157. The minimum Gasteiger partial charge on any atom is -0.250 e. The molecule has 3 aliphatic rings. The van der Waals surface area contributed by atoms with E-state index in [1.165, 1.54) is 0 Å². The van der Waals surface area contributed by atoms with Gasteiger partial charge in [0.15, 0.2) is 0 Å². The van der Waals surface area contributed by atoms with Crippen molar-refractivity contribution in [2.24, 2.45) is 13.1 Å². The molecule has 0 fully saturated rings. The fourth-order valence-electron chi connectivity index (χ4n) is 1.96. The quantitative estimate of drug-likeness (QED) is 0.657. The van der Waals surface area contributed by atoms with Crippen LogP contribution in [0.2, 0.25) is 0 Å². The summed E-state index contributed by atoms with van der Waals surface area (Å²) in [4.78, 5) is 0. The van der Waals surface area contributed by atoms with Gasteiger partial charge in [0.2, 0.25) is 0 Å². The molecule has 0 radical (unpaired) electrons. The lowest BCUT2D eigenvalue weighted by Gasteiger charge is -1.85. The normalized spacial score (nSPS) is 40.7. The predicted molar refractivity (Wildman–Crippen MR) is 92.5 cm³/mol. The van der Waals surface area contributed by atoms with Crippen molar-refractivity contribution in [3.05, 3.63) is 0 Å². The van der Waals surface area contributed by atoms with Crippen LogP contribution in [0.5, 0.6) is 0 Å². The standard InChI is InChI=1S/3C4H9NOS/c3*1-7(6)4-2-3-5-7/h3*2-4H2,1H3/t2*7-;/m10./s1. The Bertz CT molecular complexity index is 595. The SMILES string of the molecule is CS1(=O)=NCCC1.C[S@@]1(=O)=NCCC1.C[S@]1(=O)=NCCC1. The van der Waals surface area contributed by atoms with E-state index < -0.39 is 29.2 Å². The van der Waals surface area contributed by atoms with Gasteiger partial charge in [-0.25, -0.2) is 13.1 Å². The molecule has 3 rings (SSSR count). The van der Waals surface area contributed by atoms with Gasteiger partial charge >= 0.3 is 0 Å². The Hall–Kier alpha value is -0.150. The second-order valence-corrected chi connectivity index (χ2v) is 13.4. The number of rotatable bonds is 0. The van der Waals surface area contributed by atoms with Crippen LogP contribution >= 0.6 is 0 Å². The van der Waals surface area contributed by atoms with Gasteiger partial charge in [-0.1, -0.05) is 0 Å². The van der Waals surface area contributed by atoms with Gasteiger partial charge in [0, 0.05) is 84.8 Å². The lowest BCUT2D eigenvalue weighted by atomic mass is 10.5. The van der Waals surface area contributed by atoms with E-state index in [0.717, 1.165) is 56.2 Å². The van der Waals surface area contributed by atoms with Crippen molar-refractivity contribution in [2.45, 2.75) is 19.3 Å². The van der Waals surface area contributed by atoms with Crippen molar-refractivity contribution in [1.82, 2.24) is 0 Å². The molecule has 3 atom stereocenters. The lowest BCUT2D eigenvalue weighted by molar-refractivity contribution is 0.682. The highest BCUT2D eigenvalue weighted by Gasteiger charge is 2.06. The third kappa shape index (κ3) is 8.77. The highest BCUT2D eigenvalue weighted by molar-refractivity contribution is 7.93. The number of hydrogen-bond donors (Lipinski definition) is 0. The minimum atomic E-state index is -1.67. The van der Waals surface area contributed by atoms with Crippen LogP contribution in [0.3, 0.4) is 0 Å². The summed E-state index contributed by atoms with van der Waals surface area (Å²) in [6, 6.07) is 0. The van der Waals surface area contributed by atoms with Crippen LogP contribution in [-0.4, -0.2) is 68.3 Å². The molecule has 21 heavy (non-hydrogen) atoms. The van der Waals surface area contributed by atoms with Crippen LogP contribution in [0.25, 0.3) is 0 Å². The van der Waals surface area contributed by atoms with Gasteiger partial charge in [0.05, 0.1) is 0 Å². The molecule has 6 nitrogen and oxygen atoms in total. The van der Waals surface area contributed by atoms with Gasteiger partial charge in [-0.3, -0.25) is 12.6 Å². The van der Waals surface area contributed by atoms with Crippen molar-refractivity contribution in [1.29, 1.82) is 0 Å². The molecule has 0 aromatic heterocycles. The maximum atomic E-state index is 10.8. The number of hydrogen-bond acceptors (Lipinski definition) is 6. The molecule has 0 bridgehead atoms. The van der Waals surface area contributed by atoms with Crippen molar-refractivity contribution >= 4 is 29.2 Å². The van der Waals surface area contributed by atoms with E-state index in [4.69, 9.17) is 0 Å². The summed E-state index contributed by atoms with van der Waals surface area (Å²) < 4.78 is 44.1. The third-order valence-electron chi connectivity index (χ3n) is 3.14. The molecule has 0 amide bonds. The van der Waals surface area contributed by atoms with Gasteiger partial charge in [0.1, 0.15) is 0 Å². The van der Waals surface area contributed by atoms with E-state index in [9.17, 15) is 12.6 Å². The topological polar surface area (TPSA) is 88.3 Å². The van der Waals surface area contributed by atoms with Crippen molar-refractivity contribution in [3.63, 3.8) is 0 Å². The highest BCUT2D eigenvalue weighted by atomic mass is 32.2. The molecule has 3 aliphatic heterocycles. The summed E-state index contributed by atoms with van der Waals surface area (Å²) in [6.07, 6.45) is 8.24. The van der Waals surface area contributed by atoms with E-state index in [2.05, 4.69) is 13.1 Å². The highest BCUT2D eigenvalue weighted by Crippen LogP contribution is 2.04. The first-order valence-electron chi connectivity index (χ1n) is 7.09. The molecule has 1 unspecified atom stereocenters. The Morgan fingerprint density at radius 2 is 0.810 bits per heavy atom. The molecule has 0 N–H and O–H groups in total. The molecule has 0 saturated heterocycles. The first kappa shape index (κ1) is 18.9. The molecule has 9 heteroatoms. The van der Waals surface area contributed by atoms with Crippen LogP contribution in [0, 0.1) is 0 Å². The lowest BCUT2D eigenvalue weighted by Crippen LogP contribution is -1.93. The molecule has 0 aromatic carbocycles. The zero-order valence-corrected chi connectivity index (χ0v) is 15.6. The fourth-order valence-corrected chi connectivity index (χ4v) is 5.89. The average molecular weight is 358 g/mol. The van der Waals surface area contributed by atoms with Gasteiger partial charge in [-0.05, 0) is 19.3 Å². The molecule has 0 aromatic rings. The van der Waals surface area contributed by atoms with Gasteiger partial charge in [-0.15, -0.1) is 0 Å². The Kier molecular flexibility index (Phi) is 7.12.